The topological polar surface area (TPSA) is 69.9 Å². The van der Waals surface area contributed by atoms with E-state index in [2.05, 4.69) is 37.9 Å². The number of benzene rings is 1. The molecule has 3 rings (SSSR count). The molecule has 1 aromatic carbocycles. The van der Waals surface area contributed by atoms with E-state index in [1.807, 2.05) is 0 Å². The van der Waals surface area contributed by atoms with Crippen LogP contribution in [0.25, 0.3) is 5.57 Å². The highest BCUT2D eigenvalue weighted by molar-refractivity contribution is 6.25. The number of aliphatic hydroxyl groups is 2. The minimum Gasteiger partial charge on any atom is -0.511 e. The number of aryl methyl sites for hydroxylation is 3. The molecule has 0 saturated heterocycles. The smallest absolute Gasteiger partial charge is 0.170 e. The monoisotopic (exact) mass is 341 g/mol. The van der Waals surface area contributed by atoms with Crippen molar-refractivity contribution >= 4 is 17.6 Å². The fourth-order valence-corrected chi connectivity index (χ4v) is 4.56. The minimum absolute atomic E-state index is 0.0793. The van der Waals surface area contributed by atoms with Crippen molar-refractivity contribution in [2.75, 3.05) is 6.73 Å². The standard InChI is InChI=1S/C21H27NO3/c1-4-14-6-12(3)7-15(5-2)18(14)19-20(24)16-8-13(10-22-11-23)9-17(16)21(19)25/h6-7,10,13,16-17,23-24H,4-5,8-9,11H2,1-3H3/b22-10+. The SMILES string of the molecule is CCc1cc(C)cc(CC)c1C1=C(O)C2CC(/C=N/CO)CC2C1=O. The third kappa shape index (κ3) is 3.04. The van der Waals surface area contributed by atoms with E-state index in [1.54, 1.807) is 6.21 Å². The molecule has 0 bridgehead atoms. The molecule has 1 fully saturated rings. The van der Waals surface area contributed by atoms with Gasteiger partial charge in [0.15, 0.2) is 5.78 Å². The first-order valence-corrected chi connectivity index (χ1v) is 9.22. The van der Waals surface area contributed by atoms with E-state index < -0.39 is 0 Å². The first-order chi connectivity index (χ1) is 12.0. The summed E-state index contributed by atoms with van der Waals surface area (Å²) in [5.41, 5.74) is 5.01. The number of carbonyl (C=O) groups is 1. The van der Waals surface area contributed by atoms with Gasteiger partial charge in [-0.25, -0.2) is 0 Å². The normalized spacial score (nSPS) is 26.1. The lowest BCUT2D eigenvalue weighted by Crippen LogP contribution is -2.13. The Morgan fingerprint density at radius 1 is 1.16 bits per heavy atom. The van der Waals surface area contributed by atoms with Gasteiger partial charge in [-0.1, -0.05) is 31.5 Å². The van der Waals surface area contributed by atoms with Gasteiger partial charge < -0.3 is 10.2 Å². The Hall–Kier alpha value is -1.94. The molecule has 2 aliphatic carbocycles. The number of nitrogens with zero attached hydrogens (tertiary/aromatic N) is 1. The Bertz CT molecular complexity index is 723. The summed E-state index contributed by atoms with van der Waals surface area (Å²) in [6.45, 7) is 6.04. The van der Waals surface area contributed by atoms with Gasteiger partial charge in [-0.3, -0.25) is 9.79 Å². The number of aliphatic hydroxyl groups excluding tert-OH is 2. The Morgan fingerprint density at radius 3 is 2.28 bits per heavy atom. The molecule has 0 aromatic heterocycles. The zero-order chi connectivity index (χ0) is 18.1. The molecule has 0 aliphatic heterocycles. The van der Waals surface area contributed by atoms with Gasteiger partial charge in [0.25, 0.3) is 0 Å². The molecule has 2 aliphatic rings. The number of hydrogen-bond donors (Lipinski definition) is 2. The van der Waals surface area contributed by atoms with E-state index in [0.717, 1.165) is 36.0 Å². The summed E-state index contributed by atoms with van der Waals surface area (Å²) in [5, 5.41) is 19.7. The van der Waals surface area contributed by atoms with Crippen LogP contribution in [-0.4, -0.2) is 28.9 Å². The molecule has 1 aromatic rings. The molecule has 25 heavy (non-hydrogen) atoms. The van der Waals surface area contributed by atoms with Crippen LogP contribution in [0, 0.1) is 24.7 Å². The maximum absolute atomic E-state index is 13.1. The van der Waals surface area contributed by atoms with Crippen molar-refractivity contribution in [3.05, 3.63) is 40.1 Å². The molecule has 0 spiro atoms. The summed E-state index contributed by atoms with van der Waals surface area (Å²) in [6.07, 6.45) is 4.85. The number of ketones is 1. The Balaban J connectivity index is 2.04. The minimum atomic E-state index is -0.226. The van der Waals surface area contributed by atoms with E-state index in [9.17, 15) is 9.90 Å². The van der Waals surface area contributed by atoms with Gasteiger partial charge in [0.2, 0.25) is 0 Å². The third-order valence-corrected chi connectivity index (χ3v) is 5.65. The Morgan fingerprint density at radius 2 is 1.76 bits per heavy atom. The Kier molecular flexibility index (Phi) is 5.09. The van der Waals surface area contributed by atoms with Crippen LogP contribution in [0.2, 0.25) is 0 Å². The highest BCUT2D eigenvalue weighted by Gasteiger charge is 2.48. The predicted octanol–water partition coefficient (Wildman–Crippen LogP) is 3.63. The number of rotatable bonds is 5. The van der Waals surface area contributed by atoms with E-state index in [0.29, 0.717) is 12.0 Å². The Labute approximate surface area is 149 Å². The van der Waals surface area contributed by atoms with Crippen LogP contribution < -0.4 is 0 Å². The van der Waals surface area contributed by atoms with Crippen molar-refractivity contribution in [3.63, 3.8) is 0 Å². The summed E-state index contributed by atoms with van der Waals surface area (Å²) in [5.74, 6) is 0.247. The van der Waals surface area contributed by atoms with Gasteiger partial charge in [0, 0.05) is 18.1 Å². The number of aliphatic imine (C=N–C) groups is 1. The molecule has 0 heterocycles. The van der Waals surface area contributed by atoms with Gasteiger partial charge in [0.1, 0.15) is 12.5 Å². The second kappa shape index (κ2) is 7.12. The molecular weight excluding hydrogens is 314 g/mol. The molecule has 4 nitrogen and oxygen atoms in total. The molecule has 0 radical (unpaired) electrons. The number of Topliss-reactive ketones (excluding diaryl/α,β-unsaturated/α-hetero) is 1. The van der Waals surface area contributed by atoms with Gasteiger partial charge in [-0.2, -0.15) is 0 Å². The van der Waals surface area contributed by atoms with Gasteiger partial charge in [-0.05, 0) is 55.2 Å². The highest BCUT2D eigenvalue weighted by atomic mass is 16.3. The average molecular weight is 341 g/mol. The zero-order valence-corrected chi connectivity index (χ0v) is 15.2. The molecule has 3 unspecified atom stereocenters. The molecule has 2 N–H and O–H groups in total. The van der Waals surface area contributed by atoms with Crippen LogP contribution in [-0.2, 0) is 17.6 Å². The zero-order valence-electron chi connectivity index (χ0n) is 15.2. The van der Waals surface area contributed by atoms with Crippen LogP contribution in [0.4, 0.5) is 0 Å². The predicted molar refractivity (Wildman–Crippen MR) is 99.8 cm³/mol. The number of allylic oxidation sites excluding steroid dienone is 2. The number of fused-ring (bicyclic) bond motifs is 1. The van der Waals surface area contributed by atoms with Crippen molar-refractivity contribution in [1.82, 2.24) is 0 Å². The summed E-state index contributed by atoms with van der Waals surface area (Å²) >= 11 is 0. The third-order valence-electron chi connectivity index (χ3n) is 5.65. The maximum Gasteiger partial charge on any atom is 0.170 e. The molecule has 3 atom stereocenters. The van der Waals surface area contributed by atoms with E-state index in [1.165, 1.54) is 5.56 Å². The van der Waals surface area contributed by atoms with Crippen LogP contribution in [0.3, 0.4) is 0 Å². The highest BCUT2D eigenvalue weighted by Crippen LogP contribution is 2.50. The largest absolute Gasteiger partial charge is 0.511 e. The summed E-state index contributed by atoms with van der Waals surface area (Å²) in [7, 11) is 0. The number of carbonyl (C=O) groups excluding carboxylic acids is 1. The van der Waals surface area contributed by atoms with Gasteiger partial charge >= 0.3 is 0 Å². The molecule has 4 heteroatoms. The van der Waals surface area contributed by atoms with Crippen molar-refractivity contribution in [2.24, 2.45) is 22.7 Å². The fourth-order valence-electron chi connectivity index (χ4n) is 4.56. The fraction of sp³-hybridized carbons (Fsp3) is 0.524. The quantitative estimate of drug-likeness (QED) is 0.804. The first kappa shape index (κ1) is 17.9. The lowest BCUT2D eigenvalue weighted by atomic mass is 9.87. The van der Waals surface area contributed by atoms with E-state index in [4.69, 9.17) is 5.11 Å². The van der Waals surface area contributed by atoms with Crippen molar-refractivity contribution < 1.29 is 15.0 Å². The first-order valence-electron chi connectivity index (χ1n) is 9.22. The lowest BCUT2D eigenvalue weighted by molar-refractivity contribution is -0.117. The maximum atomic E-state index is 13.1. The second-order valence-electron chi connectivity index (χ2n) is 7.21. The molecular formula is C21H27NO3. The van der Waals surface area contributed by atoms with Crippen LogP contribution >= 0.6 is 0 Å². The van der Waals surface area contributed by atoms with Crippen LogP contribution in [0.15, 0.2) is 22.9 Å². The van der Waals surface area contributed by atoms with Crippen molar-refractivity contribution in [1.29, 1.82) is 0 Å². The van der Waals surface area contributed by atoms with Crippen LogP contribution in [0.5, 0.6) is 0 Å². The van der Waals surface area contributed by atoms with Gasteiger partial charge in [0.05, 0.1) is 5.57 Å². The van der Waals surface area contributed by atoms with E-state index in [-0.39, 0.29) is 36.0 Å². The lowest BCUT2D eigenvalue weighted by Gasteiger charge is -2.17. The summed E-state index contributed by atoms with van der Waals surface area (Å²) < 4.78 is 0. The van der Waals surface area contributed by atoms with Gasteiger partial charge in [-0.15, -0.1) is 0 Å². The average Bonchev–Trinajstić information content (AvgIpc) is 3.12. The van der Waals surface area contributed by atoms with Crippen molar-refractivity contribution in [2.45, 2.75) is 46.5 Å². The number of hydrogen-bond acceptors (Lipinski definition) is 4. The molecule has 1 saturated carbocycles. The second-order valence-corrected chi connectivity index (χ2v) is 7.21. The van der Waals surface area contributed by atoms with Crippen LogP contribution in [0.1, 0.15) is 48.9 Å². The molecule has 0 amide bonds. The summed E-state index contributed by atoms with van der Waals surface area (Å²) in [6, 6.07) is 4.26. The molecule has 134 valence electrons. The van der Waals surface area contributed by atoms with Crippen molar-refractivity contribution in [3.8, 4) is 0 Å². The van der Waals surface area contributed by atoms with E-state index >= 15 is 0 Å². The summed E-state index contributed by atoms with van der Waals surface area (Å²) in [4.78, 5) is 17.0.